The highest BCUT2D eigenvalue weighted by molar-refractivity contribution is 5.55. The first-order chi connectivity index (χ1) is 6.85. The Hall–Kier alpha value is -0.860. The summed E-state index contributed by atoms with van der Waals surface area (Å²) in [6.45, 7) is 1.78. The Labute approximate surface area is 84.3 Å². The summed E-state index contributed by atoms with van der Waals surface area (Å²) < 4.78 is 5.84. The van der Waals surface area contributed by atoms with Crippen LogP contribution in [0.5, 0.6) is 0 Å². The van der Waals surface area contributed by atoms with Gasteiger partial charge in [-0.05, 0) is 30.2 Å². The molecule has 1 saturated carbocycles. The molecule has 0 amide bonds. The van der Waals surface area contributed by atoms with Crippen LogP contribution in [0.15, 0.2) is 34.9 Å². The van der Waals surface area contributed by atoms with Crippen molar-refractivity contribution >= 4 is 0 Å². The molecule has 2 heteroatoms. The lowest BCUT2D eigenvalue weighted by Crippen LogP contribution is -2.43. The maximum Gasteiger partial charge on any atom is 0.115 e. The van der Waals surface area contributed by atoms with Gasteiger partial charge in [0, 0.05) is 13.0 Å². The second-order valence-corrected chi connectivity index (χ2v) is 4.23. The molecule has 14 heavy (non-hydrogen) atoms. The molecule has 2 aliphatic carbocycles. The number of hydrogen-bond donors (Lipinski definition) is 1. The fraction of sp³-hybridized carbons (Fsp3) is 0.500. The topological polar surface area (TPSA) is 21.3 Å². The molecule has 1 heterocycles. The van der Waals surface area contributed by atoms with Crippen molar-refractivity contribution in [3.63, 3.8) is 0 Å². The fourth-order valence-corrected chi connectivity index (χ4v) is 2.67. The van der Waals surface area contributed by atoms with E-state index < -0.39 is 0 Å². The zero-order chi connectivity index (χ0) is 9.60. The third-order valence-electron chi connectivity index (χ3n) is 3.47. The summed E-state index contributed by atoms with van der Waals surface area (Å²) in [6.07, 6.45) is 9.04. The summed E-state index contributed by atoms with van der Waals surface area (Å²) in [6, 6.07) is 0. The average molecular weight is 189 g/mol. The summed E-state index contributed by atoms with van der Waals surface area (Å²) in [7, 11) is 1.99. The minimum atomic E-state index is 0.0250. The first-order valence-corrected chi connectivity index (χ1v) is 5.23. The van der Waals surface area contributed by atoms with Crippen LogP contribution in [0.3, 0.4) is 0 Å². The van der Waals surface area contributed by atoms with E-state index >= 15 is 0 Å². The van der Waals surface area contributed by atoms with Crippen molar-refractivity contribution in [1.29, 1.82) is 0 Å². The van der Waals surface area contributed by atoms with Crippen LogP contribution in [0.1, 0.15) is 12.8 Å². The molecule has 0 aromatic rings. The molecule has 2 nitrogen and oxygen atoms in total. The van der Waals surface area contributed by atoms with Crippen LogP contribution < -0.4 is 5.32 Å². The third kappa shape index (κ3) is 0.928. The Morgan fingerprint density at radius 2 is 2.36 bits per heavy atom. The Balaban J connectivity index is 1.87. The van der Waals surface area contributed by atoms with Crippen LogP contribution in [0.2, 0.25) is 0 Å². The molecule has 0 aromatic heterocycles. The van der Waals surface area contributed by atoms with Crippen molar-refractivity contribution in [2.45, 2.75) is 18.4 Å². The highest BCUT2D eigenvalue weighted by Gasteiger charge is 2.50. The highest BCUT2D eigenvalue weighted by atomic mass is 16.5. The zero-order valence-corrected chi connectivity index (χ0v) is 8.47. The second-order valence-electron chi connectivity index (χ2n) is 4.23. The van der Waals surface area contributed by atoms with E-state index in [0.717, 1.165) is 26.0 Å². The van der Waals surface area contributed by atoms with Crippen molar-refractivity contribution in [3.05, 3.63) is 34.9 Å². The standard InChI is InChI=1S/C12H15NO/c1-13-8-9-2-4-12-10(3-5-14-12)7-11(12)6-9/h2-3,6,13H,4-5,7-8H2,1H3. The van der Waals surface area contributed by atoms with E-state index in [9.17, 15) is 0 Å². The molecule has 0 bridgehead atoms. The molecule has 0 radical (unpaired) electrons. The number of hydrogen-bond acceptors (Lipinski definition) is 2. The van der Waals surface area contributed by atoms with Crippen LogP contribution in [0.25, 0.3) is 0 Å². The Kier molecular flexibility index (Phi) is 1.70. The molecule has 1 unspecified atom stereocenters. The quantitative estimate of drug-likeness (QED) is 0.666. The highest BCUT2D eigenvalue weighted by Crippen LogP contribution is 2.53. The van der Waals surface area contributed by atoms with Crippen LogP contribution in [0, 0.1) is 0 Å². The van der Waals surface area contributed by atoms with Crippen LogP contribution in [-0.4, -0.2) is 25.8 Å². The average Bonchev–Trinajstić information content (AvgIpc) is 2.47. The smallest absolute Gasteiger partial charge is 0.115 e. The predicted molar refractivity (Wildman–Crippen MR) is 56.1 cm³/mol. The summed E-state index contributed by atoms with van der Waals surface area (Å²) in [5, 5.41) is 3.19. The zero-order valence-electron chi connectivity index (χ0n) is 8.47. The summed E-state index contributed by atoms with van der Waals surface area (Å²) in [5.74, 6) is 0. The number of likely N-dealkylation sites (N-methyl/N-ethyl adjacent to an activating group) is 1. The van der Waals surface area contributed by atoms with Crippen molar-refractivity contribution < 1.29 is 4.74 Å². The molecule has 1 spiro atoms. The SMILES string of the molecule is CNCC1=CCC23OCC=C2CC3=C1. The van der Waals surface area contributed by atoms with Gasteiger partial charge >= 0.3 is 0 Å². The number of ether oxygens (including phenoxy) is 1. The Morgan fingerprint density at radius 3 is 3.07 bits per heavy atom. The molecule has 0 saturated heterocycles. The van der Waals surface area contributed by atoms with Crippen LogP contribution in [0.4, 0.5) is 0 Å². The summed E-state index contributed by atoms with van der Waals surface area (Å²) >= 11 is 0. The van der Waals surface area contributed by atoms with Crippen LogP contribution in [-0.2, 0) is 4.74 Å². The third-order valence-corrected chi connectivity index (χ3v) is 3.47. The Morgan fingerprint density at radius 1 is 1.43 bits per heavy atom. The molecule has 1 fully saturated rings. The van der Waals surface area contributed by atoms with E-state index in [1.165, 1.54) is 16.7 Å². The largest absolute Gasteiger partial charge is 0.362 e. The maximum atomic E-state index is 5.84. The maximum absolute atomic E-state index is 5.84. The first-order valence-electron chi connectivity index (χ1n) is 5.23. The minimum absolute atomic E-state index is 0.0250. The lowest BCUT2D eigenvalue weighted by atomic mass is 9.66. The molecule has 0 aromatic carbocycles. The monoisotopic (exact) mass is 189 g/mol. The van der Waals surface area contributed by atoms with Gasteiger partial charge in [0.25, 0.3) is 0 Å². The number of rotatable bonds is 2. The normalized spacial score (nSPS) is 33.6. The Bertz CT molecular complexity index is 365. The van der Waals surface area contributed by atoms with Crippen molar-refractivity contribution in [2.24, 2.45) is 0 Å². The van der Waals surface area contributed by atoms with Gasteiger partial charge in [-0.1, -0.05) is 18.2 Å². The van der Waals surface area contributed by atoms with Gasteiger partial charge in [0.1, 0.15) is 5.60 Å². The second kappa shape index (κ2) is 2.81. The molecule has 1 aliphatic heterocycles. The van der Waals surface area contributed by atoms with E-state index in [4.69, 9.17) is 4.74 Å². The van der Waals surface area contributed by atoms with E-state index in [0.29, 0.717) is 0 Å². The van der Waals surface area contributed by atoms with E-state index in [-0.39, 0.29) is 5.60 Å². The van der Waals surface area contributed by atoms with Gasteiger partial charge in [0.15, 0.2) is 0 Å². The van der Waals surface area contributed by atoms with Gasteiger partial charge in [0.2, 0.25) is 0 Å². The van der Waals surface area contributed by atoms with Gasteiger partial charge in [-0.2, -0.15) is 0 Å². The molecular weight excluding hydrogens is 174 g/mol. The summed E-state index contributed by atoms with van der Waals surface area (Å²) in [4.78, 5) is 0. The minimum Gasteiger partial charge on any atom is -0.362 e. The van der Waals surface area contributed by atoms with Gasteiger partial charge in [-0.3, -0.25) is 0 Å². The van der Waals surface area contributed by atoms with Crippen LogP contribution >= 0.6 is 0 Å². The van der Waals surface area contributed by atoms with E-state index in [1.807, 2.05) is 7.05 Å². The first kappa shape index (κ1) is 8.45. The summed E-state index contributed by atoms with van der Waals surface area (Å²) in [5.41, 5.74) is 4.41. The van der Waals surface area contributed by atoms with E-state index in [2.05, 4.69) is 23.5 Å². The van der Waals surface area contributed by atoms with E-state index in [1.54, 1.807) is 0 Å². The molecule has 1 atom stereocenters. The van der Waals surface area contributed by atoms with Crippen molar-refractivity contribution in [1.82, 2.24) is 5.32 Å². The molecule has 74 valence electrons. The molecule has 3 rings (SSSR count). The van der Waals surface area contributed by atoms with Gasteiger partial charge in [-0.25, -0.2) is 0 Å². The molecule has 1 N–H and O–H groups in total. The molecule has 3 aliphatic rings. The van der Waals surface area contributed by atoms with Crippen molar-refractivity contribution in [2.75, 3.05) is 20.2 Å². The van der Waals surface area contributed by atoms with Crippen molar-refractivity contribution in [3.8, 4) is 0 Å². The van der Waals surface area contributed by atoms with Gasteiger partial charge < -0.3 is 10.1 Å². The van der Waals surface area contributed by atoms with Gasteiger partial charge in [0.05, 0.1) is 6.61 Å². The molecular formula is C12H15NO. The lowest BCUT2D eigenvalue weighted by molar-refractivity contribution is 0.0270. The predicted octanol–water partition coefficient (Wildman–Crippen LogP) is 1.56. The lowest BCUT2D eigenvalue weighted by Gasteiger charge is -2.45. The number of nitrogens with one attached hydrogen (secondary N) is 1. The van der Waals surface area contributed by atoms with Gasteiger partial charge in [-0.15, -0.1) is 0 Å². The fourth-order valence-electron chi connectivity index (χ4n) is 2.67.